The molecular formula is C26H26N6O2. The summed E-state index contributed by atoms with van der Waals surface area (Å²) < 4.78 is 1.69. The molecule has 1 aliphatic rings. The summed E-state index contributed by atoms with van der Waals surface area (Å²) in [6.07, 6.45) is 6.49. The van der Waals surface area contributed by atoms with E-state index in [1.54, 1.807) is 23.2 Å². The minimum Gasteiger partial charge on any atom is -0.352 e. The Morgan fingerprint density at radius 1 is 0.971 bits per heavy atom. The number of aromatic nitrogens is 4. The fraction of sp³-hybridized carbons (Fsp3) is 0.269. The third kappa shape index (κ3) is 4.66. The zero-order valence-electron chi connectivity index (χ0n) is 18.8. The molecule has 3 aromatic heterocycles. The maximum atomic E-state index is 13.5. The van der Waals surface area contributed by atoms with Crippen molar-refractivity contribution in [3.05, 3.63) is 94.7 Å². The van der Waals surface area contributed by atoms with Crippen molar-refractivity contribution < 1.29 is 4.79 Å². The van der Waals surface area contributed by atoms with Crippen molar-refractivity contribution in [2.75, 3.05) is 18.0 Å². The molecule has 0 saturated carbocycles. The van der Waals surface area contributed by atoms with Gasteiger partial charge in [-0.3, -0.25) is 19.1 Å². The van der Waals surface area contributed by atoms with E-state index in [9.17, 15) is 9.59 Å². The molecule has 1 aliphatic heterocycles. The van der Waals surface area contributed by atoms with Gasteiger partial charge in [0, 0.05) is 44.1 Å². The zero-order chi connectivity index (χ0) is 23.3. The van der Waals surface area contributed by atoms with E-state index in [1.165, 1.54) is 0 Å². The number of amides is 1. The molecule has 0 atom stereocenters. The maximum absolute atomic E-state index is 13.5. The molecule has 1 fully saturated rings. The van der Waals surface area contributed by atoms with Gasteiger partial charge in [-0.25, -0.2) is 9.97 Å². The van der Waals surface area contributed by atoms with E-state index in [4.69, 9.17) is 0 Å². The Bertz CT molecular complexity index is 1330. The van der Waals surface area contributed by atoms with E-state index in [0.717, 1.165) is 11.1 Å². The lowest BCUT2D eigenvalue weighted by atomic mass is 9.96. The number of rotatable bonds is 6. The molecule has 5 rings (SSSR count). The highest BCUT2D eigenvalue weighted by Crippen LogP contribution is 2.22. The highest BCUT2D eigenvalue weighted by atomic mass is 16.2. The van der Waals surface area contributed by atoms with Gasteiger partial charge in [-0.2, -0.15) is 0 Å². The molecule has 172 valence electrons. The number of anilines is 1. The van der Waals surface area contributed by atoms with Crippen molar-refractivity contribution in [2.24, 2.45) is 5.92 Å². The van der Waals surface area contributed by atoms with Crippen molar-refractivity contribution >= 4 is 22.9 Å². The summed E-state index contributed by atoms with van der Waals surface area (Å²) in [5.41, 5.74) is 3.10. The van der Waals surface area contributed by atoms with E-state index in [-0.39, 0.29) is 17.4 Å². The average molecular weight is 455 g/mol. The fourth-order valence-corrected chi connectivity index (χ4v) is 4.37. The molecule has 0 unspecified atom stereocenters. The Hall–Kier alpha value is -4.07. The normalized spacial score (nSPS) is 14.3. The first-order valence-corrected chi connectivity index (χ1v) is 11.5. The number of carbonyl (C=O) groups is 1. The molecule has 0 bridgehead atoms. The second-order valence-electron chi connectivity index (χ2n) is 8.50. The lowest BCUT2D eigenvalue weighted by Gasteiger charge is -2.32. The highest BCUT2D eigenvalue weighted by molar-refractivity contribution is 5.79. The molecule has 0 spiro atoms. The quantitative estimate of drug-likeness (QED) is 0.482. The summed E-state index contributed by atoms with van der Waals surface area (Å²) in [5.74, 6) is 0.382. The van der Waals surface area contributed by atoms with Crippen molar-refractivity contribution in [3.8, 4) is 0 Å². The van der Waals surface area contributed by atoms with Gasteiger partial charge < -0.3 is 10.2 Å². The Balaban J connectivity index is 1.32. The molecule has 0 radical (unpaired) electrons. The third-order valence-corrected chi connectivity index (χ3v) is 6.22. The molecule has 0 aliphatic carbocycles. The van der Waals surface area contributed by atoms with Crippen LogP contribution in [0.25, 0.3) is 11.2 Å². The highest BCUT2D eigenvalue weighted by Gasteiger charge is 2.27. The van der Waals surface area contributed by atoms with E-state index < -0.39 is 0 Å². The Kier molecular flexibility index (Phi) is 6.29. The summed E-state index contributed by atoms with van der Waals surface area (Å²) in [6.45, 7) is 2.10. The van der Waals surface area contributed by atoms with Gasteiger partial charge in [0.1, 0.15) is 5.52 Å². The SMILES string of the molecule is O=C(NCc1cccnc1)C1CCN(c2nc3cccnc3n(Cc3ccccc3)c2=O)CC1. The Labute approximate surface area is 197 Å². The third-order valence-electron chi connectivity index (χ3n) is 6.22. The standard InChI is InChI=1S/C26H26N6O2/c33-25(29-17-20-8-4-12-27-16-20)21-10-14-31(15-11-21)24-26(34)32(18-19-6-2-1-3-7-19)23-22(30-24)9-5-13-28-23/h1-9,12-13,16,21H,10-11,14-15,17-18H2,(H,29,33). The van der Waals surface area contributed by atoms with Gasteiger partial charge in [-0.1, -0.05) is 36.4 Å². The zero-order valence-corrected chi connectivity index (χ0v) is 18.8. The molecule has 1 saturated heterocycles. The smallest absolute Gasteiger partial charge is 0.295 e. The predicted molar refractivity (Wildman–Crippen MR) is 130 cm³/mol. The molecular weight excluding hydrogens is 428 g/mol. The van der Waals surface area contributed by atoms with Crippen LogP contribution in [0, 0.1) is 5.92 Å². The van der Waals surface area contributed by atoms with Gasteiger partial charge in [0.2, 0.25) is 5.91 Å². The maximum Gasteiger partial charge on any atom is 0.295 e. The monoisotopic (exact) mass is 454 g/mol. The molecule has 8 heteroatoms. The van der Waals surface area contributed by atoms with Gasteiger partial charge in [0.15, 0.2) is 11.5 Å². The lowest BCUT2D eigenvalue weighted by Crippen LogP contribution is -2.43. The number of hydrogen-bond acceptors (Lipinski definition) is 6. The summed E-state index contributed by atoms with van der Waals surface area (Å²) in [7, 11) is 0. The van der Waals surface area contributed by atoms with Crippen molar-refractivity contribution in [1.29, 1.82) is 0 Å². The van der Waals surface area contributed by atoms with E-state index in [1.807, 2.05) is 59.5 Å². The largest absolute Gasteiger partial charge is 0.352 e. The van der Waals surface area contributed by atoms with Crippen LogP contribution in [0.15, 0.2) is 78.0 Å². The molecule has 4 aromatic rings. The van der Waals surface area contributed by atoms with Crippen LogP contribution in [0.3, 0.4) is 0 Å². The van der Waals surface area contributed by atoms with Crippen LogP contribution >= 0.6 is 0 Å². The summed E-state index contributed by atoms with van der Waals surface area (Å²) in [5, 5.41) is 3.01. The molecule has 1 amide bonds. The van der Waals surface area contributed by atoms with Gasteiger partial charge in [-0.05, 0) is 42.2 Å². The number of carbonyl (C=O) groups excluding carboxylic acids is 1. The van der Waals surface area contributed by atoms with Crippen LogP contribution in [0.1, 0.15) is 24.0 Å². The van der Waals surface area contributed by atoms with E-state index in [2.05, 4.69) is 20.3 Å². The van der Waals surface area contributed by atoms with Crippen molar-refractivity contribution in [2.45, 2.75) is 25.9 Å². The van der Waals surface area contributed by atoms with Gasteiger partial charge >= 0.3 is 0 Å². The Morgan fingerprint density at radius 2 is 1.74 bits per heavy atom. The number of pyridine rings is 2. The van der Waals surface area contributed by atoms with Crippen LogP contribution in [0.2, 0.25) is 0 Å². The summed E-state index contributed by atoms with van der Waals surface area (Å²) in [6, 6.07) is 17.4. The molecule has 1 aromatic carbocycles. The van der Waals surface area contributed by atoms with E-state index >= 15 is 0 Å². The van der Waals surface area contributed by atoms with Crippen LogP contribution < -0.4 is 15.8 Å². The van der Waals surface area contributed by atoms with Crippen molar-refractivity contribution in [3.63, 3.8) is 0 Å². The summed E-state index contributed by atoms with van der Waals surface area (Å²) >= 11 is 0. The van der Waals surface area contributed by atoms with Gasteiger partial charge in [0.05, 0.1) is 6.54 Å². The number of nitrogens with one attached hydrogen (secondary N) is 1. The number of hydrogen-bond donors (Lipinski definition) is 1. The average Bonchev–Trinajstić information content (AvgIpc) is 2.90. The molecule has 4 heterocycles. The number of nitrogens with zero attached hydrogens (tertiary/aromatic N) is 5. The second kappa shape index (κ2) is 9.82. The topological polar surface area (TPSA) is 93.0 Å². The van der Waals surface area contributed by atoms with Gasteiger partial charge in [0.25, 0.3) is 5.56 Å². The predicted octanol–water partition coefficient (Wildman–Crippen LogP) is 2.77. The number of fused-ring (bicyclic) bond motifs is 1. The van der Waals surface area contributed by atoms with Crippen molar-refractivity contribution in [1.82, 2.24) is 24.8 Å². The molecule has 8 nitrogen and oxygen atoms in total. The van der Waals surface area contributed by atoms with E-state index in [0.29, 0.717) is 56.0 Å². The summed E-state index contributed by atoms with van der Waals surface area (Å²) in [4.78, 5) is 41.3. The first-order chi connectivity index (χ1) is 16.7. The minimum atomic E-state index is -0.158. The fourth-order valence-electron chi connectivity index (χ4n) is 4.37. The second-order valence-corrected chi connectivity index (χ2v) is 8.50. The first kappa shape index (κ1) is 21.8. The van der Waals surface area contributed by atoms with Crippen LogP contribution in [-0.4, -0.2) is 38.5 Å². The minimum absolute atomic E-state index is 0.0423. The first-order valence-electron chi connectivity index (χ1n) is 11.5. The Morgan fingerprint density at radius 3 is 2.50 bits per heavy atom. The number of benzene rings is 1. The van der Waals surface area contributed by atoms with Crippen LogP contribution in [-0.2, 0) is 17.9 Å². The van der Waals surface area contributed by atoms with Gasteiger partial charge in [-0.15, -0.1) is 0 Å². The lowest BCUT2D eigenvalue weighted by molar-refractivity contribution is -0.125. The number of piperidine rings is 1. The molecule has 34 heavy (non-hydrogen) atoms. The van der Waals surface area contributed by atoms with Crippen LogP contribution in [0.5, 0.6) is 0 Å². The van der Waals surface area contributed by atoms with Crippen LogP contribution in [0.4, 0.5) is 5.82 Å². The molecule has 1 N–H and O–H groups in total.